The molecule has 4 heterocycles. The van der Waals surface area contributed by atoms with E-state index in [1.807, 2.05) is 20.8 Å². The molecule has 1 unspecified atom stereocenters. The zero-order valence-electron chi connectivity index (χ0n) is 14.5. The Balaban J connectivity index is 1.71. The van der Waals surface area contributed by atoms with E-state index in [-0.39, 0.29) is 17.5 Å². The van der Waals surface area contributed by atoms with Gasteiger partial charge in [-0.2, -0.15) is 9.50 Å². The minimum atomic E-state index is -0.137. The molecule has 1 aliphatic heterocycles. The Kier molecular flexibility index (Phi) is 4.03. The minimum absolute atomic E-state index is 0.0261. The van der Waals surface area contributed by atoms with E-state index in [4.69, 9.17) is 4.52 Å². The zero-order chi connectivity index (χ0) is 17.6. The normalized spacial score (nSPS) is 17.9. The van der Waals surface area contributed by atoms with Gasteiger partial charge in [-0.05, 0) is 19.3 Å². The van der Waals surface area contributed by atoms with Gasteiger partial charge < -0.3 is 9.42 Å². The van der Waals surface area contributed by atoms with Gasteiger partial charge in [-0.3, -0.25) is 4.79 Å². The van der Waals surface area contributed by atoms with Gasteiger partial charge in [0.15, 0.2) is 5.82 Å². The lowest BCUT2D eigenvalue weighted by Crippen LogP contribution is -2.24. The molecule has 0 aromatic carbocycles. The third-order valence-electron chi connectivity index (χ3n) is 4.40. The third-order valence-corrected chi connectivity index (χ3v) is 5.34. The molecule has 0 amide bonds. The monoisotopic (exact) mass is 360 g/mol. The number of aromatic nitrogens is 5. The van der Waals surface area contributed by atoms with Crippen LogP contribution in [0.4, 0.5) is 5.13 Å². The maximum absolute atomic E-state index is 12.2. The highest BCUT2D eigenvalue weighted by atomic mass is 32.1. The van der Waals surface area contributed by atoms with Crippen molar-refractivity contribution in [3.8, 4) is 0 Å². The molecule has 4 rings (SSSR count). The minimum Gasteiger partial charge on any atom is -0.339 e. The topological polar surface area (TPSA) is 89.4 Å². The number of anilines is 1. The predicted octanol–water partition coefficient (Wildman–Crippen LogP) is 2.56. The van der Waals surface area contributed by atoms with Gasteiger partial charge in [-0.1, -0.05) is 37.3 Å². The van der Waals surface area contributed by atoms with Crippen molar-refractivity contribution < 1.29 is 4.52 Å². The van der Waals surface area contributed by atoms with Gasteiger partial charge in [0.25, 0.3) is 5.56 Å². The number of hydrogen-bond acceptors (Lipinski definition) is 8. The summed E-state index contributed by atoms with van der Waals surface area (Å²) in [6.45, 7) is 6.89. The Morgan fingerprint density at radius 2 is 2.24 bits per heavy atom. The Morgan fingerprint density at radius 3 is 2.96 bits per heavy atom. The van der Waals surface area contributed by atoms with E-state index in [0.717, 1.165) is 36.6 Å². The molecule has 0 N–H and O–H groups in total. The SMILES string of the molecule is CCc1cc(=O)n2nc(N3CCCC3c3noc(C(C)C)n3)sc2n1. The van der Waals surface area contributed by atoms with Crippen molar-refractivity contribution in [3.63, 3.8) is 0 Å². The Bertz CT molecular complexity index is 959. The summed E-state index contributed by atoms with van der Waals surface area (Å²) in [4.78, 5) is 24.1. The van der Waals surface area contributed by atoms with Gasteiger partial charge >= 0.3 is 0 Å². The van der Waals surface area contributed by atoms with Crippen LogP contribution in [0.25, 0.3) is 4.96 Å². The molecule has 1 atom stereocenters. The third kappa shape index (κ3) is 2.82. The maximum atomic E-state index is 12.2. The lowest BCUT2D eigenvalue weighted by molar-refractivity contribution is 0.358. The van der Waals surface area contributed by atoms with E-state index in [9.17, 15) is 4.79 Å². The molecule has 25 heavy (non-hydrogen) atoms. The van der Waals surface area contributed by atoms with Crippen molar-refractivity contribution in [2.75, 3.05) is 11.4 Å². The molecule has 3 aromatic rings. The first-order valence-corrected chi connectivity index (χ1v) is 9.38. The average Bonchev–Trinajstić information content (AvgIpc) is 3.31. The van der Waals surface area contributed by atoms with E-state index in [1.54, 1.807) is 6.07 Å². The fraction of sp³-hybridized carbons (Fsp3) is 0.562. The summed E-state index contributed by atoms with van der Waals surface area (Å²) >= 11 is 1.43. The number of aryl methyl sites for hydroxylation is 1. The fourth-order valence-corrected chi connectivity index (χ4v) is 4.03. The summed E-state index contributed by atoms with van der Waals surface area (Å²) in [5.41, 5.74) is 0.652. The highest BCUT2D eigenvalue weighted by Gasteiger charge is 2.32. The van der Waals surface area contributed by atoms with E-state index in [1.165, 1.54) is 15.9 Å². The van der Waals surface area contributed by atoms with Crippen molar-refractivity contribution in [1.82, 2.24) is 24.7 Å². The molecule has 0 bridgehead atoms. The Hall–Kier alpha value is -2.29. The summed E-state index contributed by atoms with van der Waals surface area (Å²) in [5, 5.41) is 9.42. The van der Waals surface area contributed by atoms with Crippen LogP contribution in [0.1, 0.15) is 63.0 Å². The zero-order valence-corrected chi connectivity index (χ0v) is 15.3. The molecule has 1 aliphatic rings. The largest absolute Gasteiger partial charge is 0.339 e. The second kappa shape index (κ2) is 6.21. The van der Waals surface area contributed by atoms with Crippen LogP contribution >= 0.6 is 11.3 Å². The van der Waals surface area contributed by atoms with Crippen LogP contribution in [0.15, 0.2) is 15.4 Å². The first-order chi connectivity index (χ1) is 12.1. The number of rotatable bonds is 4. The van der Waals surface area contributed by atoms with Gasteiger partial charge in [-0.25, -0.2) is 4.98 Å². The Labute approximate surface area is 148 Å². The standard InChI is InChI=1S/C16H20N6O2S/c1-4-10-8-12(23)22-15(17-10)25-16(19-22)21-7-5-6-11(21)13-18-14(9(2)3)24-20-13/h8-9,11H,4-7H2,1-3H3. The summed E-state index contributed by atoms with van der Waals surface area (Å²) in [6, 6.07) is 1.57. The molecule has 132 valence electrons. The number of nitrogens with zero attached hydrogens (tertiary/aromatic N) is 6. The van der Waals surface area contributed by atoms with Crippen LogP contribution in [-0.4, -0.2) is 31.3 Å². The summed E-state index contributed by atoms with van der Waals surface area (Å²) in [5.74, 6) is 1.54. The van der Waals surface area contributed by atoms with Crippen LogP contribution in [0.2, 0.25) is 0 Å². The molecule has 3 aromatic heterocycles. The molecule has 0 radical (unpaired) electrons. The number of hydrogen-bond donors (Lipinski definition) is 0. The number of fused-ring (bicyclic) bond motifs is 1. The maximum Gasteiger partial charge on any atom is 0.275 e. The Morgan fingerprint density at radius 1 is 1.40 bits per heavy atom. The summed E-state index contributed by atoms with van der Waals surface area (Å²) < 4.78 is 6.74. The van der Waals surface area contributed by atoms with Crippen molar-refractivity contribution in [2.24, 2.45) is 0 Å². The molecule has 0 aliphatic carbocycles. The average molecular weight is 360 g/mol. The molecule has 9 heteroatoms. The fourth-order valence-electron chi connectivity index (χ4n) is 3.02. The van der Waals surface area contributed by atoms with Crippen LogP contribution in [0.5, 0.6) is 0 Å². The highest BCUT2D eigenvalue weighted by Crippen LogP contribution is 2.36. The molecule has 1 fully saturated rings. The molecule has 1 saturated heterocycles. The van der Waals surface area contributed by atoms with Crippen molar-refractivity contribution >= 4 is 21.4 Å². The van der Waals surface area contributed by atoms with E-state index in [0.29, 0.717) is 16.7 Å². The van der Waals surface area contributed by atoms with Crippen LogP contribution in [0, 0.1) is 0 Å². The summed E-state index contributed by atoms with van der Waals surface area (Å²) in [7, 11) is 0. The first-order valence-electron chi connectivity index (χ1n) is 8.56. The van der Waals surface area contributed by atoms with E-state index < -0.39 is 0 Å². The lowest BCUT2D eigenvalue weighted by atomic mass is 10.2. The molecule has 8 nitrogen and oxygen atoms in total. The van der Waals surface area contributed by atoms with Crippen LogP contribution < -0.4 is 10.5 Å². The lowest BCUT2D eigenvalue weighted by Gasteiger charge is -2.20. The van der Waals surface area contributed by atoms with Crippen LogP contribution in [0.3, 0.4) is 0 Å². The van der Waals surface area contributed by atoms with Gasteiger partial charge in [0, 0.05) is 24.2 Å². The summed E-state index contributed by atoms with van der Waals surface area (Å²) in [6.07, 6.45) is 2.69. The van der Waals surface area contributed by atoms with Gasteiger partial charge in [0.1, 0.15) is 0 Å². The molecular weight excluding hydrogens is 340 g/mol. The molecular formula is C16H20N6O2S. The second-order valence-corrected chi connectivity index (χ2v) is 7.45. The highest BCUT2D eigenvalue weighted by molar-refractivity contribution is 7.20. The molecule has 0 spiro atoms. The van der Waals surface area contributed by atoms with E-state index in [2.05, 4.69) is 25.1 Å². The first kappa shape index (κ1) is 16.2. The van der Waals surface area contributed by atoms with Gasteiger partial charge in [0.2, 0.25) is 16.0 Å². The van der Waals surface area contributed by atoms with Crippen molar-refractivity contribution in [1.29, 1.82) is 0 Å². The van der Waals surface area contributed by atoms with Crippen LogP contribution in [-0.2, 0) is 6.42 Å². The van der Waals surface area contributed by atoms with E-state index >= 15 is 0 Å². The molecule has 0 saturated carbocycles. The van der Waals surface area contributed by atoms with Gasteiger partial charge in [0.05, 0.1) is 6.04 Å². The van der Waals surface area contributed by atoms with Gasteiger partial charge in [-0.15, -0.1) is 5.10 Å². The second-order valence-electron chi connectivity index (χ2n) is 6.52. The quantitative estimate of drug-likeness (QED) is 0.706. The smallest absolute Gasteiger partial charge is 0.275 e. The van der Waals surface area contributed by atoms with Crippen molar-refractivity contribution in [3.05, 3.63) is 33.8 Å². The van der Waals surface area contributed by atoms with Crippen molar-refractivity contribution in [2.45, 2.75) is 52.0 Å². The predicted molar refractivity (Wildman–Crippen MR) is 94.2 cm³/mol.